The second kappa shape index (κ2) is 9.34. The van der Waals surface area contributed by atoms with Crippen LogP contribution in [0.15, 0.2) is 47.3 Å². The van der Waals surface area contributed by atoms with Crippen LogP contribution in [0.1, 0.15) is 48.1 Å². The van der Waals surface area contributed by atoms with Gasteiger partial charge in [-0.15, -0.1) is 0 Å². The SMILES string of the molecule is CCC(c1nc2ccccc2c(=O)n1C)N1CCN(C(=O)c2ccc(C)c([N+](=O)[O-])c2)C(C)C1. The van der Waals surface area contributed by atoms with Crippen LogP contribution in [0, 0.1) is 17.0 Å². The van der Waals surface area contributed by atoms with E-state index in [0.29, 0.717) is 47.5 Å². The fourth-order valence-electron chi connectivity index (χ4n) is 4.81. The van der Waals surface area contributed by atoms with Crippen molar-refractivity contribution < 1.29 is 9.72 Å². The third-order valence-electron chi connectivity index (χ3n) is 6.72. The molecule has 1 aromatic heterocycles. The van der Waals surface area contributed by atoms with E-state index in [1.54, 1.807) is 41.6 Å². The quantitative estimate of drug-likeness (QED) is 0.424. The van der Waals surface area contributed by atoms with Crippen molar-refractivity contribution in [3.8, 4) is 0 Å². The molecule has 0 radical (unpaired) electrons. The molecule has 34 heavy (non-hydrogen) atoms. The molecular formula is C25H29N5O4. The first-order valence-corrected chi connectivity index (χ1v) is 11.5. The molecule has 1 saturated heterocycles. The average Bonchev–Trinajstić information content (AvgIpc) is 2.82. The van der Waals surface area contributed by atoms with Crippen molar-refractivity contribution in [3.05, 3.63) is 79.9 Å². The number of aryl methyl sites for hydroxylation is 1. The number of hydrogen-bond donors (Lipinski definition) is 0. The molecule has 0 aliphatic carbocycles. The van der Waals surface area contributed by atoms with Gasteiger partial charge in [0.2, 0.25) is 0 Å². The van der Waals surface area contributed by atoms with Gasteiger partial charge in [-0.2, -0.15) is 0 Å². The lowest BCUT2D eigenvalue weighted by Crippen LogP contribution is -2.55. The summed E-state index contributed by atoms with van der Waals surface area (Å²) in [4.78, 5) is 45.8. The number of rotatable bonds is 5. The zero-order valence-electron chi connectivity index (χ0n) is 19.9. The first-order valence-electron chi connectivity index (χ1n) is 11.5. The van der Waals surface area contributed by atoms with Crippen LogP contribution < -0.4 is 5.56 Å². The van der Waals surface area contributed by atoms with E-state index >= 15 is 0 Å². The standard InChI is InChI=1S/C25H29N5O4/c1-5-21(23-26-20-9-7-6-8-19(20)25(32)27(23)4)28-12-13-29(17(3)15-28)24(31)18-11-10-16(2)22(14-18)30(33)34/h6-11,14,17,21H,5,12-13,15H2,1-4H3. The average molecular weight is 464 g/mol. The predicted molar refractivity (Wildman–Crippen MR) is 130 cm³/mol. The Kier molecular flexibility index (Phi) is 6.47. The van der Waals surface area contributed by atoms with Crippen LogP contribution in [0.3, 0.4) is 0 Å². The monoisotopic (exact) mass is 463 g/mol. The summed E-state index contributed by atoms with van der Waals surface area (Å²) in [6, 6.07) is 11.8. The number of nitro groups is 1. The highest BCUT2D eigenvalue weighted by molar-refractivity contribution is 5.95. The number of nitro benzene ring substituents is 1. The van der Waals surface area contributed by atoms with Crippen molar-refractivity contribution in [1.29, 1.82) is 0 Å². The molecule has 4 rings (SSSR count). The summed E-state index contributed by atoms with van der Waals surface area (Å²) < 4.78 is 1.63. The number of carbonyl (C=O) groups is 1. The highest BCUT2D eigenvalue weighted by atomic mass is 16.6. The number of para-hydroxylation sites is 1. The zero-order valence-corrected chi connectivity index (χ0v) is 19.9. The Labute approximate surface area is 197 Å². The Morgan fingerprint density at radius 1 is 1.24 bits per heavy atom. The van der Waals surface area contributed by atoms with Gasteiger partial charge in [-0.1, -0.05) is 25.1 Å². The maximum Gasteiger partial charge on any atom is 0.273 e. The van der Waals surface area contributed by atoms with Gasteiger partial charge >= 0.3 is 0 Å². The molecule has 1 aliphatic rings. The molecule has 9 nitrogen and oxygen atoms in total. The molecule has 0 saturated carbocycles. The van der Waals surface area contributed by atoms with Crippen LogP contribution in [0.5, 0.6) is 0 Å². The van der Waals surface area contributed by atoms with Crippen molar-refractivity contribution in [2.45, 2.75) is 39.3 Å². The van der Waals surface area contributed by atoms with Gasteiger partial charge in [-0.25, -0.2) is 4.98 Å². The smallest absolute Gasteiger partial charge is 0.273 e. The third-order valence-corrected chi connectivity index (χ3v) is 6.72. The molecule has 178 valence electrons. The molecule has 2 unspecified atom stereocenters. The van der Waals surface area contributed by atoms with Crippen molar-refractivity contribution in [2.24, 2.45) is 7.05 Å². The molecule has 3 aromatic rings. The van der Waals surface area contributed by atoms with Gasteiger partial charge in [-0.3, -0.25) is 29.2 Å². The number of hydrogen-bond acceptors (Lipinski definition) is 6. The van der Waals surface area contributed by atoms with Crippen LogP contribution in [-0.4, -0.2) is 55.9 Å². The largest absolute Gasteiger partial charge is 0.333 e. The number of benzene rings is 2. The van der Waals surface area contributed by atoms with Crippen LogP contribution in [0.25, 0.3) is 10.9 Å². The molecule has 2 aromatic carbocycles. The molecule has 1 aliphatic heterocycles. The summed E-state index contributed by atoms with van der Waals surface area (Å²) in [5.74, 6) is 0.506. The minimum atomic E-state index is -0.458. The lowest BCUT2D eigenvalue weighted by molar-refractivity contribution is -0.385. The molecule has 0 N–H and O–H groups in total. The lowest BCUT2D eigenvalue weighted by atomic mass is 10.0. The molecule has 1 amide bonds. The van der Waals surface area contributed by atoms with Gasteiger partial charge in [0.15, 0.2) is 0 Å². The molecule has 2 atom stereocenters. The summed E-state index contributed by atoms with van der Waals surface area (Å²) in [7, 11) is 1.76. The number of nitrogens with zero attached hydrogens (tertiary/aromatic N) is 5. The molecule has 9 heteroatoms. The topological polar surface area (TPSA) is 102 Å². The Morgan fingerprint density at radius 2 is 1.97 bits per heavy atom. The van der Waals surface area contributed by atoms with E-state index in [9.17, 15) is 19.7 Å². The van der Waals surface area contributed by atoms with Crippen molar-refractivity contribution in [1.82, 2.24) is 19.4 Å². The summed E-state index contributed by atoms with van der Waals surface area (Å²) >= 11 is 0. The van der Waals surface area contributed by atoms with E-state index < -0.39 is 4.92 Å². The second-order valence-electron chi connectivity index (χ2n) is 8.88. The Hall–Kier alpha value is -3.59. The normalized spacial score (nSPS) is 17.6. The van der Waals surface area contributed by atoms with E-state index in [0.717, 1.165) is 6.42 Å². The number of carbonyl (C=O) groups excluding carboxylic acids is 1. The fourth-order valence-corrected chi connectivity index (χ4v) is 4.81. The van der Waals surface area contributed by atoms with Gasteiger partial charge in [0.1, 0.15) is 5.82 Å². The van der Waals surface area contributed by atoms with Gasteiger partial charge in [-0.05, 0) is 38.5 Å². The van der Waals surface area contributed by atoms with Crippen LogP contribution in [-0.2, 0) is 7.05 Å². The summed E-state index contributed by atoms with van der Waals surface area (Å²) in [6.45, 7) is 7.42. The fraction of sp³-hybridized carbons (Fsp3) is 0.400. The Balaban J connectivity index is 1.57. The Morgan fingerprint density at radius 3 is 2.65 bits per heavy atom. The van der Waals surface area contributed by atoms with E-state index in [1.165, 1.54) is 6.07 Å². The van der Waals surface area contributed by atoms with Gasteiger partial charge < -0.3 is 4.90 Å². The zero-order chi connectivity index (χ0) is 24.6. The molecular weight excluding hydrogens is 434 g/mol. The number of aromatic nitrogens is 2. The summed E-state index contributed by atoms with van der Waals surface area (Å²) in [5.41, 5.74) is 1.41. The third kappa shape index (κ3) is 4.19. The maximum atomic E-state index is 13.2. The summed E-state index contributed by atoms with van der Waals surface area (Å²) in [6.07, 6.45) is 0.767. The van der Waals surface area contributed by atoms with Gasteiger partial charge in [0, 0.05) is 49.9 Å². The molecule has 1 fully saturated rings. The minimum absolute atomic E-state index is 0.0496. The predicted octanol–water partition coefficient (Wildman–Crippen LogP) is 3.45. The van der Waals surface area contributed by atoms with E-state index in [-0.39, 0.29) is 29.2 Å². The molecule has 2 heterocycles. The Bertz CT molecular complexity index is 1320. The van der Waals surface area contributed by atoms with Crippen molar-refractivity contribution in [3.63, 3.8) is 0 Å². The van der Waals surface area contributed by atoms with Crippen LogP contribution >= 0.6 is 0 Å². The van der Waals surface area contributed by atoms with Crippen molar-refractivity contribution in [2.75, 3.05) is 19.6 Å². The highest BCUT2D eigenvalue weighted by Gasteiger charge is 2.33. The van der Waals surface area contributed by atoms with Crippen molar-refractivity contribution >= 4 is 22.5 Å². The van der Waals surface area contributed by atoms with E-state index in [2.05, 4.69) is 11.8 Å². The molecule has 0 spiro atoms. The minimum Gasteiger partial charge on any atom is -0.333 e. The molecule has 0 bridgehead atoms. The van der Waals surface area contributed by atoms with Crippen LogP contribution in [0.4, 0.5) is 5.69 Å². The van der Waals surface area contributed by atoms with Gasteiger partial charge in [0.05, 0.1) is 21.9 Å². The maximum absolute atomic E-state index is 13.2. The number of amides is 1. The first kappa shape index (κ1) is 23.6. The van der Waals surface area contributed by atoms with Gasteiger partial charge in [0.25, 0.3) is 17.2 Å². The van der Waals surface area contributed by atoms with E-state index in [4.69, 9.17) is 4.98 Å². The first-order chi connectivity index (χ1) is 16.2. The second-order valence-corrected chi connectivity index (χ2v) is 8.88. The highest BCUT2D eigenvalue weighted by Crippen LogP contribution is 2.27. The summed E-state index contributed by atoms with van der Waals surface area (Å²) in [5, 5.41) is 11.9. The number of piperazine rings is 1. The van der Waals surface area contributed by atoms with Crippen LogP contribution in [0.2, 0.25) is 0 Å². The lowest BCUT2D eigenvalue weighted by Gasteiger charge is -2.43. The number of fused-ring (bicyclic) bond motifs is 1. The van der Waals surface area contributed by atoms with E-state index in [1.807, 2.05) is 25.1 Å².